The highest BCUT2D eigenvalue weighted by molar-refractivity contribution is 9.10. The zero-order valence-corrected chi connectivity index (χ0v) is 10.3. The van der Waals surface area contributed by atoms with E-state index < -0.39 is 9.84 Å². The van der Waals surface area contributed by atoms with Gasteiger partial charge in [-0.3, -0.25) is 0 Å². The molecule has 0 spiro atoms. The van der Waals surface area contributed by atoms with E-state index in [2.05, 4.69) is 21.2 Å². The van der Waals surface area contributed by atoms with Gasteiger partial charge in [0, 0.05) is 11.0 Å². The minimum Gasteiger partial charge on any atom is -0.379 e. The fraction of sp³-hybridized carbons (Fsp3) is 0.333. The molecule has 82 valence electrons. The van der Waals surface area contributed by atoms with Gasteiger partial charge in [-0.15, -0.1) is 0 Å². The van der Waals surface area contributed by atoms with Crippen molar-refractivity contribution in [1.29, 1.82) is 0 Å². The third kappa shape index (κ3) is 2.02. The van der Waals surface area contributed by atoms with Crippen molar-refractivity contribution in [1.82, 2.24) is 0 Å². The van der Waals surface area contributed by atoms with E-state index >= 15 is 0 Å². The predicted octanol–water partition coefficient (Wildman–Crippen LogP) is 0.976. The molecule has 0 aliphatic carbocycles. The molecule has 15 heavy (non-hydrogen) atoms. The highest BCUT2D eigenvalue weighted by Gasteiger charge is 2.28. The number of hydrogen-bond acceptors (Lipinski definition) is 4. The van der Waals surface area contributed by atoms with Crippen LogP contribution in [0.2, 0.25) is 0 Å². The van der Waals surface area contributed by atoms with Crippen molar-refractivity contribution in [3.05, 3.63) is 22.7 Å². The molecule has 0 saturated heterocycles. The van der Waals surface area contributed by atoms with E-state index in [1.807, 2.05) is 0 Å². The summed E-state index contributed by atoms with van der Waals surface area (Å²) in [7, 11) is -3.18. The lowest BCUT2D eigenvalue weighted by Gasteiger charge is -2.25. The van der Waals surface area contributed by atoms with Crippen molar-refractivity contribution >= 4 is 31.5 Å². The van der Waals surface area contributed by atoms with Crippen LogP contribution in [0.15, 0.2) is 27.6 Å². The second-order valence-corrected chi connectivity index (χ2v) is 6.42. The maximum atomic E-state index is 11.8. The first kappa shape index (κ1) is 10.9. The van der Waals surface area contributed by atoms with Crippen molar-refractivity contribution in [3.8, 4) is 0 Å². The molecular weight excluding hydrogens is 280 g/mol. The Morgan fingerprint density at radius 3 is 2.93 bits per heavy atom. The summed E-state index contributed by atoms with van der Waals surface area (Å²) in [6.45, 7) is 0.311. The Kier molecular flexibility index (Phi) is 2.74. The minimum absolute atomic E-state index is 0.0676. The summed E-state index contributed by atoms with van der Waals surface area (Å²) in [6.07, 6.45) is 0. The Labute approximate surface area is 96.9 Å². The molecule has 1 unspecified atom stereocenters. The van der Waals surface area contributed by atoms with Crippen LogP contribution in [-0.2, 0) is 9.84 Å². The first-order chi connectivity index (χ1) is 7.03. The van der Waals surface area contributed by atoms with Crippen LogP contribution in [0.4, 0.5) is 5.69 Å². The zero-order chi connectivity index (χ0) is 11.1. The van der Waals surface area contributed by atoms with Crippen molar-refractivity contribution in [2.45, 2.75) is 10.9 Å². The van der Waals surface area contributed by atoms with E-state index in [4.69, 9.17) is 5.73 Å². The maximum Gasteiger partial charge on any atom is 0.182 e. The minimum atomic E-state index is -3.18. The second-order valence-electron chi connectivity index (χ2n) is 3.50. The van der Waals surface area contributed by atoms with Crippen molar-refractivity contribution in [2.24, 2.45) is 5.73 Å². The molecule has 6 heteroatoms. The first-order valence-corrected chi connectivity index (χ1v) is 6.96. The van der Waals surface area contributed by atoms with Gasteiger partial charge in [-0.1, -0.05) is 15.9 Å². The Morgan fingerprint density at radius 2 is 2.27 bits per heavy atom. The fourth-order valence-corrected chi connectivity index (χ4v) is 3.65. The van der Waals surface area contributed by atoms with Gasteiger partial charge < -0.3 is 11.1 Å². The average Bonchev–Trinajstić information content (AvgIpc) is 2.15. The maximum absolute atomic E-state index is 11.8. The molecule has 0 saturated carbocycles. The van der Waals surface area contributed by atoms with Gasteiger partial charge in [0.25, 0.3) is 0 Å². The van der Waals surface area contributed by atoms with Gasteiger partial charge in [0.1, 0.15) is 0 Å². The molecule has 1 heterocycles. The highest BCUT2D eigenvalue weighted by atomic mass is 79.9. The van der Waals surface area contributed by atoms with Crippen LogP contribution in [0, 0.1) is 0 Å². The molecule has 0 bridgehead atoms. The topological polar surface area (TPSA) is 72.2 Å². The molecule has 1 aliphatic heterocycles. The smallest absolute Gasteiger partial charge is 0.182 e. The Hall–Kier alpha value is -0.590. The number of rotatable bonds is 1. The van der Waals surface area contributed by atoms with E-state index in [9.17, 15) is 8.42 Å². The Morgan fingerprint density at radius 1 is 1.53 bits per heavy atom. The number of hydrogen-bond donors (Lipinski definition) is 2. The molecule has 0 radical (unpaired) electrons. The van der Waals surface area contributed by atoms with Crippen LogP contribution in [0.5, 0.6) is 0 Å². The van der Waals surface area contributed by atoms with Crippen LogP contribution >= 0.6 is 15.9 Å². The van der Waals surface area contributed by atoms with Gasteiger partial charge in [0.15, 0.2) is 9.84 Å². The number of nitrogens with two attached hydrogens (primary N) is 1. The third-order valence-corrected chi connectivity index (χ3v) is 4.70. The van der Waals surface area contributed by atoms with Gasteiger partial charge >= 0.3 is 0 Å². The molecule has 2 rings (SSSR count). The molecule has 1 atom stereocenters. The Balaban J connectivity index is 2.55. The number of fused-ring (bicyclic) bond motifs is 1. The van der Waals surface area contributed by atoms with E-state index in [1.54, 1.807) is 18.2 Å². The standard InChI is InChI=1S/C9H11BrN2O2S/c10-6-1-2-9-8(3-6)12-7(4-11)5-15(9,13)14/h1-3,7,12H,4-5,11H2. The predicted molar refractivity (Wildman–Crippen MR) is 62.7 cm³/mol. The van der Waals surface area contributed by atoms with Crippen LogP contribution in [0.25, 0.3) is 0 Å². The molecule has 1 aromatic rings. The normalized spacial score (nSPS) is 22.9. The summed E-state index contributed by atoms with van der Waals surface area (Å²) in [5.41, 5.74) is 6.11. The largest absolute Gasteiger partial charge is 0.379 e. The van der Waals surface area contributed by atoms with Gasteiger partial charge in [-0.05, 0) is 18.2 Å². The quantitative estimate of drug-likeness (QED) is 0.809. The number of sulfone groups is 1. The van der Waals surface area contributed by atoms with Gasteiger partial charge in [0.05, 0.1) is 22.4 Å². The summed E-state index contributed by atoms with van der Waals surface area (Å²) in [6, 6.07) is 4.89. The second kappa shape index (κ2) is 3.77. The molecule has 0 aromatic heterocycles. The zero-order valence-electron chi connectivity index (χ0n) is 7.90. The van der Waals surface area contributed by atoms with E-state index in [-0.39, 0.29) is 11.8 Å². The third-order valence-electron chi connectivity index (χ3n) is 2.34. The highest BCUT2D eigenvalue weighted by Crippen LogP contribution is 2.30. The van der Waals surface area contributed by atoms with Crippen molar-refractivity contribution in [2.75, 3.05) is 17.6 Å². The SMILES string of the molecule is NCC1CS(=O)(=O)c2ccc(Br)cc2N1. The van der Waals surface area contributed by atoms with Gasteiger partial charge in [0.2, 0.25) is 0 Å². The number of anilines is 1. The summed E-state index contributed by atoms with van der Waals surface area (Å²) in [5, 5.41) is 3.11. The Bertz CT molecular complexity index is 487. The summed E-state index contributed by atoms with van der Waals surface area (Å²) in [4.78, 5) is 0.357. The van der Waals surface area contributed by atoms with Gasteiger partial charge in [-0.25, -0.2) is 8.42 Å². The fourth-order valence-electron chi connectivity index (χ4n) is 1.63. The van der Waals surface area contributed by atoms with Crippen molar-refractivity contribution in [3.63, 3.8) is 0 Å². The van der Waals surface area contributed by atoms with Crippen LogP contribution in [0.3, 0.4) is 0 Å². The van der Waals surface area contributed by atoms with E-state index in [0.717, 1.165) is 4.47 Å². The summed E-state index contributed by atoms with van der Waals surface area (Å²) in [5.74, 6) is 0.0676. The number of nitrogens with one attached hydrogen (secondary N) is 1. The lowest BCUT2D eigenvalue weighted by Crippen LogP contribution is -2.39. The van der Waals surface area contributed by atoms with Crippen LogP contribution in [0.1, 0.15) is 0 Å². The first-order valence-electron chi connectivity index (χ1n) is 4.52. The molecule has 1 aliphatic rings. The number of halogens is 1. The van der Waals surface area contributed by atoms with E-state index in [1.165, 1.54) is 0 Å². The monoisotopic (exact) mass is 290 g/mol. The van der Waals surface area contributed by atoms with Gasteiger partial charge in [-0.2, -0.15) is 0 Å². The molecule has 0 amide bonds. The summed E-state index contributed by atoms with van der Waals surface area (Å²) < 4.78 is 24.5. The van der Waals surface area contributed by atoms with Crippen molar-refractivity contribution < 1.29 is 8.42 Å². The lowest BCUT2D eigenvalue weighted by atomic mass is 10.2. The van der Waals surface area contributed by atoms with Crippen LogP contribution < -0.4 is 11.1 Å². The molecular formula is C9H11BrN2O2S. The molecule has 0 fully saturated rings. The molecule has 4 nitrogen and oxygen atoms in total. The average molecular weight is 291 g/mol. The lowest BCUT2D eigenvalue weighted by molar-refractivity contribution is 0.586. The van der Waals surface area contributed by atoms with E-state index in [0.29, 0.717) is 17.1 Å². The number of benzene rings is 1. The van der Waals surface area contributed by atoms with Crippen LogP contribution in [-0.4, -0.2) is 26.8 Å². The summed E-state index contributed by atoms with van der Waals surface area (Å²) >= 11 is 3.30. The molecule has 1 aromatic carbocycles. The molecule has 3 N–H and O–H groups in total.